The molecule has 0 radical (unpaired) electrons. The number of hydrogen-bond donors (Lipinski definition) is 1. The molecule has 0 saturated heterocycles. The van der Waals surface area contributed by atoms with E-state index in [2.05, 4.69) is 17.3 Å². The number of carbonyl (C=O) groups excluding carboxylic acids is 1. The zero-order valence-corrected chi connectivity index (χ0v) is 20.9. The Morgan fingerprint density at radius 1 is 1.22 bits per heavy atom. The topological polar surface area (TPSA) is 81.8 Å². The molecule has 0 saturated carbocycles. The van der Waals surface area contributed by atoms with Crippen molar-refractivity contribution < 1.29 is 4.79 Å². The molecule has 0 fully saturated rings. The lowest BCUT2D eigenvalue weighted by Gasteiger charge is -2.13. The number of fused-ring (bicyclic) bond motifs is 3. The molecular weight excluding hydrogens is 442 g/mol. The number of rotatable bonds is 8. The lowest BCUT2D eigenvalue weighted by atomic mass is 9.97. The first-order valence-corrected chi connectivity index (χ1v) is 13.2. The van der Waals surface area contributed by atoms with Crippen molar-refractivity contribution in [2.24, 2.45) is 7.05 Å². The smallest absolute Gasteiger partial charge is 0.263 e. The molecule has 0 aliphatic heterocycles. The van der Waals surface area contributed by atoms with E-state index in [0.717, 1.165) is 65.8 Å². The summed E-state index contributed by atoms with van der Waals surface area (Å²) in [5, 5.41) is 8.79. The van der Waals surface area contributed by atoms with E-state index in [1.165, 1.54) is 28.6 Å². The molecule has 0 atom stereocenters. The predicted molar refractivity (Wildman–Crippen MR) is 132 cm³/mol. The number of unbranched alkanes of at least 4 members (excludes halogenated alkanes) is 2. The number of hydrogen-bond acceptors (Lipinski definition) is 6. The maximum Gasteiger partial charge on any atom is 0.263 e. The Labute approximate surface area is 196 Å². The fourth-order valence-corrected chi connectivity index (χ4v) is 6.44. The van der Waals surface area contributed by atoms with Gasteiger partial charge in [-0.1, -0.05) is 31.5 Å². The third-order valence-electron chi connectivity index (χ3n) is 6.13. The SMILES string of the molecule is CCCCCn1c(SCC(=O)Nc2c(C)nn(C)c2C)nc2sc3c(c2c1=O)CCCC3. The largest absolute Gasteiger partial charge is 0.322 e. The molecule has 7 nitrogen and oxygen atoms in total. The van der Waals surface area contributed by atoms with E-state index in [9.17, 15) is 9.59 Å². The van der Waals surface area contributed by atoms with Crippen molar-refractivity contribution in [3.8, 4) is 0 Å². The van der Waals surface area contributed by atoms with Crippen LogP contribution in [-0.2, 0) is 31.2 Å². The highest BCUT2D eigenvalue weighted by Gasteiger charge is 2.22. The average molecular weight is 474 g/mol. The maximum atomic E-state index is 13.5. The lowest BCUT2D eigenvalue weighted by molar-refractivity contribution is -0.113. The van der Waals surface area contributed by atoms with Gasteiger partial charge in [0.25, 0.3) is 5.56 Å². The maximum absolute atomic E-state index is 13.5. The van der Waals surface area contributed by atoms with Crippen molar-refractivity contribution in [1.82, 2.24) is 19.3 Å². The summed E-state index contributed by atoms with van der Waals surface area (Å²) >= 11 is 3.00. The van der Waals surface area contributed by atoms with Crippen LogP contribution in [0.15, 0.2) is 9.95 Å². The second-order valence-electron chi connectivity index (χ2n) is 8.46. The summed E-state index contributed by atoms with van der Waals surface area (Å²) in [5.41, 5.74) is 3.75. The molecule has 3 aromatic rings. The van der Waals surface area contributed by atoms with Gasteiger partial charge in [-0.05, 0) is 51.5 Å². The number of aryl methyl sites for hydroxylation is 4. The van der Waals surface area contributed by atoms with Crippen LogP contribution < -0.4 is 10.9 Å². The van der Waals surface area contributed by atoms with Crippen molar-refractivity contribution in [3.63, 3.8) is 0 Å². The Morgan fingerprint density at radius 3 is 2.72 bits per heavy atom. The fourth-order valence-electron chi connectivity index (χ4n) is 4.31. The zero-order valence-electron chi connectivity index (χ0n) is 19.3. The molecule has 9 heteroatoms. The van der Waals surface area contributed by atoms with Gasteiger partial charge in [-0.25, -0.2) is 4.98 Å². The van der Waals surface area contributed by atoms with Crippen LogP contribution in [0.2, 0.25) is 0 Å². The van der Waals surface area contributed by atoms with Gasteiger partial charge in [0.1, 0.15) is 4.83 Å². The summed E-state index contributed by atoms with van der Waals surface area (Å²) in [6.07, 6.45) is 7.42. The number of nitrogens with zero attached hydrogens (tertiary/aromatic N) is 4. The van der Waals surface area contributed by atoms with Gasteiger partial charge in [-0.2, -0.15) is 5.10 Å². The molecular formula is C23H31N5O2S2. The van der Waals surface area contributed by atoms with Crippen molar-refractivity contribution in [2.45, 2.75) is 77.4 Å². The molecule has 172 valence electrons. The predicted octanol–water partition coefficient (Wildman–Crippen LogP) is 4.61. The molecule has 0 aromatic carbocycles. The van der Waals surface area contributed by atoms with Crippen molar-refractivity contribution >= 4 is 44.9 Å². The molecule has 3 heterocycles. The van der Waals surface area contributed by atoms with Crippen LogP contribution in [0.25, 0.3) is 10.2 Å². The number of thiophene rings is 1. The summed E-state index contributed by atoms with van der Waals surface area (Å²) in [5.74, 6) is 0.0824. The van der Waals surface area contributed by atoms with Crippen LogP contribution in [-0.4, -0.2) is 31.0 Å². The lowest BCUT2D eigenvalue weighted by Crippen LogP contribution is -2.25. The molecule has 32 heavy (non-hydrogen) atoms. The van der Waals surface area contributed by atoms with Gasteiger partial charge in [-0.3, -0.25) is 18.8 Å². The molecule has 1 amide bonds. The highest BCUT2D eigenvalue weighted by Crippen LogP contribution is 2.34. The van der Waals surface area contributed by atoms with Crippen LogP contribution in [0.4, 0.5) is 5.69 Å². The van der Waals surface area contributed by atoms with Crippen molar-refractivity contribution in [2.75, 3.05) is 11.1 Å². The van der Waals surface area contributed by atoms with Crippen LogP contribution in [0.3, 0.4) is 0 Å². The third-order valence-corrected chi connectivity index (χ3v) is 8.29. The second kappa shape index (κ2) is 9.79. The Hall–Kier alpha value is -2.13. The van der Waals surface area contributed by atoms with E-state index in [1.54, 1.807) is 20.6 Å². The van der Waals surface area contributed by atoms with E-state index in [-0.39, 0.29) is 17.2 Å². The van der Waals surface area contributed by atoms with E-state index < -0.39 is 0 Å². The number of aromatic nitrogens is 4. The number of amides is 1. The first-order valence-electron chi connectivity index (χ1n) is 11.4. The molecule has 0 spiro atoms. The van der Waals surface area contributed by atoms with Gasteiger partial charge < -0.3 is 5.32 Å². The minimum absolute atomic E-state index is 0.0624. The normalized spacial score (nSPS) is 13.5. The summed E-state index contributed by atoms with van der Waals surface area (Å²) in [4.78, 5) is 33.2. The van der Waals surface area contributed by atoms with Crippen LogP contribution in [0, 0.1) is 13.8 Å². The molecule has 4 rings (SSSR count). The Kier molecular flexibility index (Phi) is 7.05. The Balaban J connectivity index is 1.60. The van der Waals surface area contributed by atoms with Gasteiger partial charge in [0.05, 0.1) is 28.2 Å². The zero-order chi connectivity index (χ0) is 22.8. The van der Waals surface area contributed by atoms with Crippen LogP contribution in [0.5, 0.6) is 0 Å². The molecule has 1 N–H and O–H groups in total. The van der Waals surface area contributed by atoms with E-state index >= 15 is 0 Å². The fraction of sp³-hybridized carbons (Fsp3) is 0.565. The Morgan fingerprint density at radius 2 is 2.00 bits per heavy atom. The highest BCUT2D eigenvalue weighted by atomic mass is 32.2. The van der Waals surface area contributed by atoms with E-state index in [1.807, 2.05) is 20.9 Å². The van der Waals surface area contributed by atoms with Gasteiger partial charge >= 0.3 is 0 Å². The summed E-state index contributed by atoms with van der Waals surface area (Å²) in [7, 11) is 1.86. The monoisotopic (exact) mass is 473 g/mol. The first kappa shape index (κ1) is 23.0. The van der Waals surface area contributed by atoms with E-state index in [0.29, 0.717) is 11.7 Å². The minimum atomic E-state index is -0.117. The average Bonchev–Trinajstić information content (AvgIpc) is 3.26. The van der Waals surface area contributed by atoms with Crippen molar-refractivity contribution in [3.05, 3.63) is 32.2 Å². The number of nitrogens with one attached hydrogen (secondary N) is 1. The first-order chi connectivity index (χ1) is 15.4. The van der Waals surface area contributed by atoms with Crippen LogP contribution in [0.1, 0.15) is 60.9 Å². The minimum Gasteiger partial charge on any atom is -0.322 e. The standard InChI is InChI=1S/C23H31N5O2S2/c1-5-6-9-12-28-22(30)19-16-10-7-8-11-17(16)32-21(19)25-23(28)31-13-18(29)24-20-14(2)26-27(4)15(20)3/h5-13H2,1-4H3,(H,24,29). The summed E-state index contributed by atoms with van der Waals surface area (Å²) in [6, 6.07) is 0. The number of anilines is 1. The number of carbonyl (C=O) groups is 1. The molecule has 3 aromatic heterocycles. The second-order valence-corrected chi connectivity index (χ2v) is 10.5. The van der Waals surface area contributed by atoms with Gasteiger partial charge in [0.2, 0.25) is 5.91 Å². The Bertz CT molecular complexity index is 1210. The van der Waals surface area contributed by atoms with Gasteiger partial charge in [-0.15, -0.1) is 11.3 Å². The summed E-state index contributed by atoms with van der Waals surface area (Å²) in [6.45, 7) is 6.62. The van der Waals surface area contributed by atoms with Gasteiger partial charge in [0, 0.05) is 18.5 Å². The number of thioether (sulfide) groups is 1. The quantitative estimate of drug-likeness (QED) is 0.294. The highest BCUT2D eigenvalue weighted by molar-refractivity contribution is 7.99. The van der Waals surface area contributed by atoms with E-state index in [4.69, 9.17) is 4.98 Å². The molecule has 0 unspecified atom stereocenters. The third kappa shape index (κ3) is 4.50. The van der Waals surface area contributed by atoms with Crippen LogP contribution >= 0.6 is 23.1 Å². The van der Waals surface area contributed by atoms with Gasteiger partial charge in [0.15, 0.2) is 5.16 Å². The molecule has 0 bridgehead atoms. The summed E-state index contributed by atoms with van der Waals surface area (Å²) < 4.78 is 3.57. The molecule has 1 aliphatic carbocycles. The van der Waals surface area contributed by atoms with Crippen molar-refractivity contribution in [1.29, 1.82) is 0 Å². The molecule has 1 aliphatic rings.